The van der Waals surface area contributed by atoms with Crippen molar-refractivity contribution in [3.63, 3.8) is 0 Å². The van der Waals surface area contributed by atoms with E-state index in [1.165, 1.54) is 0 Å². The molecule has 0 aromatic heterocycles. The molecular weight excluding hydrogens is 270 g/mol. The van der Waals surface area contributed by atoms with Crippen molar-refractivity contribution in [3.8, 4) is 6.07 Å². The van der Waals surface area contributed by atoms with Gasteiger partial charge in [0.25, 0.3) is 0 Å². The van der Waals surface area contributed by atoms with Gasteiger partial charge in [-0.25, -0.2) is 0 Å². The molecular formula is C12H14BrNO2. The largest absolute Gasteiger partial charge is 0.346 e. The van der Waals surface area contributed by atoms with Gasteiger partial charge >= 0.3 is 0 Å². The Morgan fingerprint density at radius 1 is 1.31 bits per heavy atom. The first-order valence-corrected chi connectivity index (χ1v) is 5.00. The van der Waals surface area contributed by atoms with Crippen LogP contribution in [-0.2, 0) is 15.9 Å². The van der Waals surface area contributed by atoms with Gasteiger partial charge in [-0.2, -0.15) is 5.26 Å². The van der Waals surface area contributed by atoms with Crippen LogP contribution >= 0.6 is 17.0 Å². The maximum atomic E-state index is 8.65. The second-order valence-electron chi connectivity index (χ2n) is 3.66. The van der Waals surface area contributed by atoms with E-state index in [-0.39, 0.29) is 23.3 Å². The Morgan fingerprint density at radius 2 is 2.00 bits per heavy atom. The summed E-state index contributed by atoms with van der Waals surface area (Å²) in [4.78, 5) is 0. The van der Waals surface area contributed by atoms with Crippen LogP contribution in [0.25, 0.3) is 0 Å². The van der Waals surface area contributed by atoms with E-state index >= 15 is 0 Å². The van der Waals surface area contributed by atoms with Crippen molar-refractivity contribution in [1.29, 1.82) is 5.26 Å². The van der Waals surface area contributed by atoms with Gasteiger partial charge < -0.3 is 9.47 Å². The minimum absolute atomic E-state index is 0. The van der Waals surface area contributed by atoms with E-state index in [1.54, 1.807) is 0 Å². The molecule has 0 saturated carbocycles. The van der Waals surface area contributed by atoms with Crippen molar-refractivity contribution in [3.05, 3.63) is 34.9 Å². The summed E-state index contributed by atoms with van der Waals surface area (Å²) in [7, 11) is 0. The molecule has 16 heavy (non-hydrogen) atoms. The van der Waals surface area contributed by atoms with Crippen LogP contribution in [-0.4, -0.2) is 13.2 Å². The third-order valence-electron chi connectivity index (χ3n) is 2.34. The minimum Gasteiger partial charge on any atom is -0.346 e. The van der Waals surface area contributed by atoms with Crippen molar-refractivity contribution in [2.45, 2.75) is 19.6 Å². The normalized spacial score (nSPS) is 15.5. The molecule has 0 N–H and O–H groups in total. The first kappa shape index (κ1) is 13.2. The lowest BCUT2D eigenvalue weighted by Gasteiger charge is -2.11. The Morgan fingerprint density at radius 3 is 2.62 bits per heavy atom. The van der Waals surface area contributed by atoms with Gasteiger partial charge in [0.1, 0.15) is 0 Å². The van der Waals surface area contributed by atoms with Crippen molar-refractivity contribution in [2.75, 3.05) is 13.2 Å². The highest BCUT2D eigenvalue weighted by molar-refractivity contribution is 8.93. The van der Waals surface area contributed by atoms with E-state index in [0.29, 0.717) is 19.6 Å². The fourth-order valence-corrected chi connectivity index (χ4v) is 1.77. The van der Waals surface area contributed by atoms with Crippen LogP contribution < -0.4 is 0 Å². The van der Waals surface area contributed by atoms with Crippen molar-refractivity contribution in [1.82, 2.24) is 0 Å². The Hall–Kier alpha value is -0.890. The molecule has 4 heteroatoms. The standard InChI is InChI=1S/C12H13NO2.BrH/c1-9-6-10(2-3-13)8-11(7-9)12-14-4-5-15-12;/h6-8,12H,2,4-5H2,1H3;1H. The number of rotatable bonds is 2. The predicted octanol–water partition coefficient (Wildman–Crippen LogP) is 2.68. The summed E-state index contributed by atoms with van der Waals surface area (Å²) in [5.74, 6) is 0. The number of hydrogen-bond donors (Lipinski definition) is 0. The van der Waals surface area contributed by atoms with Gasteiger partial charge in [0.2, 0.25) is 0 Å². The molecule has 1 aromatic rings. The zero-order chi connectivity index (χ0) is 10.7. The summed E-state index contributed by atoms with van der Waals surface area (Å²) >= 11 is 0. The van der Waals surface area contributed by atoms with Crippen LogP contribution in [0.5, 0.6) is 0 Å². The van der Waals surface area contributed by atoms with Crippen molar-refractivity contribution >= 4 is 17.0 Å². The Kier molecular flexibility index (Phi) is 4.94. The molecule has 0 atom stereocenters. The van der Waals surface area contributed by atoms with Crippen LogP contribution in [0.1, 0.15) is 23.0 Å². The lowest BCUT2D eigenvalue weighted by atomic mass is 10.0. The monoisotopic (exact) mass is 283 g/mol. The number of nitriles is 1. The molecule has 0 spiro atoms. The third kappa shape index (κ3) is 3.05. The number of aryl methyl sites for hydroxylation is 1. The molecule has 1 heterocycles. The summed E-state index contributed by atoms with van der Waals surface area (Å²) < 4.78 is 10.8. The van der Waals surface area contributed by atoms with Gasteiger partial charge in [-0.15, -0.1) is 17.0 Å². The van der Waals surface area contributed by atoms with Gasteiger partial charge in [-0.1, -0.05) is 17.7 Å². The van der Waals surface area contributed by atoms with E-state index in [0.717, 1.165) is 16.7 Å². The molecule has 86 valence electrons. The van der Waals surface area contributed by atoms with Gasteiger partial charge in [-0.05, 0) is 18.6 Å². The highest BCUT2D eigenvalue weighted by atomic mass is 79.9. The second kappa shape index (κ2) is 6.00. The molecule has 2 rings (SSSR count). The highest BCUT2D eigenvalue weighted by Crippen LogP contribution is 2.25. The maximum absolute atomic E-state index is 8.65. The molecule has 0 amide bonds. The molecule has 0 bridgehead atoms. The Balaban J connectivity index is 0.00000128. The fraction of sp³-hybridized carbons (Fsp3) is 0.417. The maximum Gasteiger partial charge on any atom is 0.184 e. The van der Waals surface area contributed by atoms with E-state index < -0.39 is 0 Å². The quantitative estimate of drug-likeness (QED) is 0.838. The molecule has 1 aromatic carbocycles. The topological polar surface area (TPSA) is 42.2 Å². The zero-order valence-electron chi connectivity index (χ0n) is 9.10. The predicted molar refractivity (Wildman–Crippen MR) is 65.5 cm³/mol. The number of ether oxygens (including phenoxy) is 2. The Labute approximate surface area is 106 Å². The van der Waals surface area contributed by atoms with Crippen LogP contribution in [0.2, 0.25) is 0 Å². The molecule has 1 fully saturated rings. The van der Waals surface area contributed by atoms with E-state index in [9.17, 15) is 0 Å². The van der Waals surface area contributed by atoms with Crippen LogP contribution in [0, 0.1) is 18.3 Å². The summed E-state index contributed by atoms with van der Waals surface area (Å²) in [6.45, 7) is 3.30. The molecule has 1 aliphatic rings. The smallest absolute Gasteiger partial charge is 0.184 e. The molecule has 0 aliphatic carbocycles. The number of nitrogens with zero attached hydrogens (tertiary/aromatic N) is 1. The lowest BCUT2D eigenvalue weighted by molar-refractivity contribution is -0.0441. The number of hydrogen-bond acceptors (Lipinski definition) is 3. The van der Waals surface area contributed by atoms with Gasteiger partial charge in [0.15, 0.2) is 6.29 Å². The lowest BCUT2D eigenvalue weighted by Crippen LogP contribution is -1.99. The third-order valence-corrected chi connectivity index (χ3v) is 2.34. The summed E-state index contributed by atoms with van der Waals surface area (Å²) in [5, 5.41) is 8.65. The SMILES string of the molecule is Br.Cc1cc(CC#N)cc(C2OCCO2)c1. The van der Waals surface area contributed by atoms with Crippen molar-refractivity contribution < 1.29 is 9.47 Å². The van der Waals surface area contributed by atoms with Crippen LogP contribution in [0.15, 0.2) is 18.2 Å². The fourth-order valence-electron chi connectivity index (χ4n) is 1.77. The van der Waals surface area contributed by atoms with Gasteiger partial charge in [0, 0.05) is 5.56 Å². The molecule has 0 unspecified atom stereocenters. The summed E-state index contributed by atoms with van der Waals surface area (Å²) in [5.41, 5.74) is 3.17. The van der Waals surface area contributed by atoms with E-state index in [1.807, 2.05) is 25.1 Å². The van der Waals surface area contributed by atoms with Crippen molar-refractivity contribution in [2.24, 2.45) is 0 Å². The van der Waals surface area contributed by atoms with Crippen LogP contribution in [0.3, 0.4) is 0 Å². The minimum atomic E-state index is -0.248. The van der Waals surface area contributed by atoms with Gasteiger partial charge in [0.05, 0.1) is 25.7 Å². The van der Waals surface area contributed by atoms with E-state index in [2.05, 4.69) is 6.07 Å². The average molecular weight is 284 g/mol. The molecule has 0 radical (unpaired) electrons. The summed E-state index contributed by atoms with van der Waals surface area (Å²) in [6.07, 6.45) is 0.184. The average Bonchev–Trinajstić information content (AvgIpc) is 2.70. The van der Waals surface area contributed by atoms with E-state index in [4.69, 9.17) is 14.7 Å². The van der Waals surface area contributed by atoms with Gasteiger partial charge in [-0.3, -0.25) is 0 Å². The molecule has 3 nitrogen and oxygen atoms in total. The Bertz CT molecular complexity index is 394. The number of benzene rings is 1. The summed E-state index contributed by atoms with van der Waals surface area (Å²) in [6, 6.07) is 8.18. The van der Waals surface area contributed by atoms with Crippen LogP contribution in [0.4, 0.5) is 0 Å². The second-order valence-corrected chi connectivity index (χ2v) is 3.66. The molecule has 1 saturated heterocycles. The first-order valence-electron chi connectivity index (χ1n) is 5.00. The molecule has 1 aliphatic heterocycles. The highest BCUT2D eigenvalue weighted by Gasteiger charge is 2.18. The first-order chi connectivity index (χ1) is 7.29. The number of halogens is 1. The zero-order valence-corrected chi connectivity index (χ0v) is 10.8.